The van der Waals surface area contributed by atoms with Gasteiger partial charge in [-0.3, -0.25) is 9.89 Å². The van der Waals surface area contributed by atoms with Gasteiger partial charge in [0.05, 0.1) is 17.4 Å². The average molecular weight is 283 g/mol. The van der Waals surface area contributed by atoms with Crippen molar-refractivity contribution in [2.45, 2.75) is 26.3 Å². The minimum Gasteiger partial charge on any atom is -0.348 e. The number of H-pyrrole nitrogens is 1. The molecule has 0 spiro atoms. The molecule has 0 bridgehead atoms. The van der Waals surface area contributed by atoms with Gasteiger partial charge >= 0.3 is 0 Å². The highest BCUT2D eigenvalue weighted by Gasteiger charge is 2.14. The third-order valence-corrected chi connectivity index (χ3v) is 3.31. The predicted molar refractivity (Wildman–Crippen MR) is 79.1 cm³/mol. The van der Waals surface area contributed by atoms with E-state index in [1.54, 1.807) is 16.8 Å². The summed E-state index contributed by atoms with van der Waals surface area (Å²) in [6, 6.07) is 9.38. The molecule has 1 unspecified atom stereocenters. The molecule has 3 aromatic heterocycles. The Morgan fingerprint density at radius 3 is 3.05 bits per heavy atom. The lowest BCUT2D eigenvalue weighted by molar-refractivity contribution is 0.0932. The molecule has 0 fully saturated rings. The van der Waals surface area contributed by atoms with Crippen molar-refractivity contribution in [3.8, 4) is 0 Å². The molecule has 3 rings (SSSR count). The van der Waals surface area contributed by atoms with Crippen LogP contribution in [0.3, 0.4) is 0 Å². The van der Waals surface area contributed by atoms with Gasteiger partial charge in [-0.05, 0) is 38.1 Å². The monoisotopic (exact) mass is 283 g/mol. The Kier molecular flexibility index (Phi) is 3.43. The number of fused-ring (bicyclic) bond motifs is 1. The van der Waals surface area contributed by atoms with Crippen LogP contribution in [0.4, 0.5) is 0 Å². The van der Waals surface area contributed by atoms with E-state index in [4.69, 9.17) is 0 Å². The summed E-state index contributed by atoms with van der Waals surface area (Å²) in [7, 11) is 0. The van der Waals surface area contributed by atoms with Crippen LogP contribution in [0, 0.1) is 6.92 Å². The number of carbonyl (C=O) groups excluding carboxylic acids is 1. The van der Waals surface area contributed by atoms with Crippen molar-refractivity contribution in [1.82, 2.24) is 25.1 Å². The zero-order chi connectivity index (χ0) is 14.8. The van der Waals surface area contributed by atoms with E-state index in [-0.39, 0.29) is 11.9 Å². The molecule has 1 amide bonds. The first-order chi connectivity index (χ1) is 10.1. The lowest BCUT2D eigenvalue weighted by Gasteiger charge is -2.13. The Labute approximate surface area is 122 Å². The normalized spacial score (nSPS) is 12.5. The molecule has 6 nitrogen and oxygen atoms in total. The number of hydrogen-bond acceptors (Lipinski definition) is 3. The van der Waals surface area contributed by atoms with Gasteiger partial charge in [0.15, 0.2) is 0 Å². The number of aromatic nitrogens is 4. The molecule has 3 heterocycles. The fourth-order valence-corrected chi connectivity index (χ4v) is 2.36. The number of carbonyl (C=O) groups is 1. The Hall–Kier alpha value is -2.63. The first-order valence-corrected chi connectivity index (χ1v) is 6.88. The van der Waals surface area contributed by atoms with Crippen LogP contribution in [-0.4, -0.2) is 31.8 Å². The van der Waals surface area contributed by atoms with E-state index >= 15 is 0 Å². The molecule has 21 heavy (non-hydrogen) atoms. The molecule has 6 heteroatoms. The van der Waals surface area contributed by atoms with Crippen LogP contribution in [-0.2, 0) is 6.42 Å². The standard InChI is InChI=1S/C15H17N5O/c1-10(8-12-9-11(2)18-19-12)17-15(21)14-5-3-4-13-6-7-16-20(13)14/h3-7,9-10H,8H2,1-2H3,(H,17,21)(H,18,19). The van der Waals surface area contributed by atoms with E-state index in [2.05, 4.69) is 20.6 Å². The van der Waals surface area contributed by atoms with Crippen molar-refractivity contribution >= 4 is 11.4 Å². The van der Waals surface area contributed by atoms with Crippen LogP contribution < -0.4 is 5.32 Å². The van der Waals surface area contributed by atoms with E-state index in [0.29, 0.717) is 12.1 Å². The number of aromatic amines is 1. The SMILES string of the molecule is Cc1cc(CC(C)NC(=O)c2cccc3ccnn23)n[nH]1. The number of hydrogen-bond donors (Lipinski definition) is 2. The van der Waals surface area contributed by atoms with Crippen molar-refractivity contribution in [3.05, 3.63) is 53.6 Å². The molecule has 0 saturated heterocycles. The van der Waals surface area contributed by atoms with Crippen LogP contribution in [0.25, 0.3) is 5.52 Å². The molecular formula is C15H17N5O. The Bertz CT molecular complexity index is 773. The van der Waals surface area contributed by atoms with Crippen molar-refractivity contribution in [1.29, 1.82) is 0 Å². The quantitative estimate of drug-likeness (QED) is 0.765. The van der Waals surface area contributed by atoms with Gasteiger partial charge in [0, 0.05) is 18.2 Å². The van der Waals surface area contributed by atoms with Gasteiger partial charge in [0.25, 0.3) is 5.91 Å². The first-order valence-electron chi connectivity index (χ1n) is 6.88. The highest BCUT2D eigenvalue weighted by Crippen LogP contribution is 2.07. The molecule has 0 aliphatic carbocycles. The highest BCUT2D eigenvalue weighted by atomic mass is 16.2. The minimum absolute atomic E-state index is 0.00832. The maximum absolute atomic E-state index is 12.4. The summed E-state index contributed by atoms with van der Waals surface area (Å²) < 4.78 is 1.64. The van der Waals surface area contributed by atoms with E-state index in [1.807, 2.05) is 38.1 Å². The number of nitrogens with zero attached hydrogens (tertiary/aromatic N) is 3. The third kappa shape index (κ3) is 2.79. The summed E-state index contributed by atoms with van der Waals surface area (Å²) in [5.74, 6) is -0.135. The molecule has 3 aromatic rings. The second-order valence-electron chi connectivity index (χ2n) is 5.20. The predicted octanol–water partition coefficient (Wildman–Crippen LogP) is 1.73. The van der Waals surface area contributed by atoms with Gasteiger partial charge in [0.1, 0.15) is 5.69 Å². The maximum Gasteiger partial charge on any atom is 0.270 e. The number of amides is 1. The fourth-order valence-electron chi connectivity index (χ4n) is 2.36. The van der Waals surface area contributed by atoms with Crippen molar-refractivity contribution < 1.29 is 4.79 Å². The molecule has 108 valence electrons. The number of rotatable bonds is 4. The van der Waals surface area contributed by atoms with Gasteiger partial charge in [-0.15, -0.1) is 0 Å². The van der Waals surface area contributed by atoms with E-state index in [9.17, 15) is 4.79 Å². The Morgan fingerprint density at radius 2 is 2.29 bits per heavy atom. The second kappa shape index (κ2) is 5.40. The van der Waals surface area contributed by atoms with E-state index in [1.165, 1.54) is 0 Å². The van der Waals surface area contributed by atoms with Crippen molar-refractivity contribution in [2.24, 2.45) is 0 Å². The van der Waals surface area contributed by atoms with E-state index in [0.717, 1.165) is 16.9 Å². The summed E-state index contributed by atoms with van der Waals surface area (Å²) in [6.45, 7) is 3.92. The Balaban J connectivity index is 1.72. The van der Waals surface area contributed by atoms with Crippen LogP contribution in [0.15, 0.2) is 36.5 Å². The second-order valence-corrected chi connectivity index (χ2v) is 5.20. The van der Waals surface area contributed by atoms with Crippen LogP contribution in [0.1, 0.15) is 28.8 Å². The topological polar surface area (TPSA) is 75.1 Å². The molecule has 0 aliphatic rings. The number of nitrogens with one attached hydrogen (secondary N) is 2. The maximum atomic E-state index is 12.4. The largest absolute Gasteiger partial charge is 0.348 e. The smallest absolute Gasteiger partial charge is 0.270 e. The van der Waals surface area contributed by atoms with Crippen LogP contribution in [0.2, 0.25) is 0 Å². The molecule has 0 aromatic carbocycles. The zero-order valence-corrected chi connectivity index (χ0v) is 12.0. The lowest BCUT2D eigenvalue weighted by atomic mass is 10.1. The van der Waals surface area contributed by atoms with Crippen molar-refractivity contribution in [3.63, 3.8) is 0 Å². The van der Waals surface area contributed by atoms with Gasteiger partial charge in [-0.2, -0.15) is 10.2 Å². The number of aryl methyl sites for hydroxylation is 1. The van der Waals surface area contributed by atoms with Gasteiger partial charge in [-0.25, -0.2) is 4.52 Å². The minimum atomic E-state index is -0.135. The lowest BCUT2D eigenvalue weighted by Crippen LogP contribution is -2.35. The molecule has 1 atom stereocenters. The zero-order valence-electron chi connectivity index (χ0n) is 12.0. The van der Waals surface area contributed by atoms with Crippen LogP contribution in [0.5, 0.6) is 0 Å². The van der Waals surface area contributed by atoms with Gasteiger partial charge in [-0.1, -0.05) is 6.07 Å². The highest BCUT2D eigenvalue weighted by molar-refractivity contribution is 5.93. The molecule has 2 N–H and O–H groups in total. The molecule has 0 aliphatic heterocycles. The summed E-state index contributed by atoms with van der Waals surface area (Å²) in [5.41, 5.74) is 3.39. The van der Waals surface area contributed by atoms with Gasteiger partial charge < -0.3 is 5.32 Å². The van der Waals surface area contributed by atoms with Crippen LogP contribution >= 0.6 is 0 Å². The molecular weight excluding hydrogens is 266 g/mol. The number of pyridine rings is 1. The third-order valence-electron chi connectivity index (χ3n) is 3.31. The molecule has 0 saturated carbocycles. The van der Waals surface area contributed by atoms with E-state index < -0.39 is 0 Å². The Morgan fingerprint density at radius 1 is 1.43 bits per heavy atom. The fraction of sp³-hybridized carbons (Fsp3) is 0.267. The van der Waals surface area contributed by atoms with Gasteiger partial charge in [0.2, 0.25) is 0 Å². The first kappa shape index (κ1) is 13.4. The summed E-state index contributed by atoms with van der Waals surface area (Å²) in [6.07, 6.45) is 2.37. The summed E-state index contributed by atoms with van der Waals surface area (Å²) >= 11 is 0. The molecule has 0 radical (unpaired) electrons. The average Bonchev–Trinajstić information content (AvgIpc) is 3.06. The van der Waals surface area contributed by atoms with Crippen molar-refractivity contribution in [2.75, 3.05) is 0 Å². The summed E-state index contributed by atoms with van der Waals surface area (Å²) in [5, 5.41) is 14.2. The summed E-state index contributed by atoms with van der Waals surface area (Å²) in [4.78, 5) is 12.4.